The lowest BCUT2D eigenvalue weighted by molar-refractivity contribution is 0.103. The molecule has 0 N–H and O–H groups in total. The smallest absolute Gasteiger partial charge is 0.213 e. The molecule has 21 heavy (non-hydrogen) atoms. The SMILES string of the molecule is O=C(c1ccc(F)c(F)c1)c1ccn(-c2ccccc2)n1. The molecule has 3 rings (SSSR count). The van der Waals surface area contributed by atoms with Gasteiger partial charge in [0.25, 0.3) is 0 Å². The van der Waals surface area contributed by atoms with Crippen molar-refractivity contribution in [2.24, 2.45) is 0 Å². The second-order valence-electron chi connectivity index (χ2n) is 4.44. The molecule has 3 aromatic rings. The van der Waals surface area contributed by atoms with Gasteiger partial charge in [0.05, 0.1) is 5.69 Å². The van der Waals surface area contributed by atoms with Crippen LogP contribution in [0.5, 0.6) is 0 Å². The van der Waals surface area contributed by atoms with Gasteiger partial charge in [0, 0.05) is 11.8 Å². The Morgan fingerprint density at radius 2 is 1.71 bits per heavy atom. The van der Waals surface area contributed by atoms with Crippen LogP contribution in [0.3, 0.4) is 0 Å². The molecule has 0 bridgehead atoms. The van der Waals surface area contributed by atoms with Crippen molar-refractivity contribution in [3.63, 3.8) is 0 Å². The summed E-state index contributed by atoms with van der Waals surface area (Å²) in [6.45, 7) is 0. The van der Waals surface area contributed by atoms with Gasteiger partial charge in [0.15, 0.2) is 11.6 Å². The Hall–Kier alpha value is -2.82. The molecule has 0 atom stereocenters. The number of carbonyl (C=O) groups excluding carboxylic acids is 1. The summed E-state index contributed by atoms with van der Waals surface area (Å²) < 4.78 is 27.6. The van der Waals surface area contributed by atoms with E-state index in [2.05, 4.69) is 5.10 Å². The second kappa shape index (κ2) is 5.28. The molecule has 0 spiro atoms. The maximum atomic E-state index is 13.2. The standard InChI is InChI=1S/C16H10F2N2O/c17-13-7-6-11(10-14(13)18)16(21)15-8-9-20(19-15)12-4-2-1-3-5-12/h1-10H. The largest absolute Gasteiger partial charge is 0.287 e. The fourth-order valence-corrected chi connectivity index (χ4v) is 1.95. The van der Waals surface area contributed by atoms with E-state index in [1.165, 1.54) is 12.1 Å². The van der Waals surface area contributed by atoms with E-state index in [-0.39, 0.29) is 11.3 Å². The predicted molar refractivity (Wildman–Crippen MR) is 73.4 cm³/mol. The fourth-order valence-electron chi connectivity index (χ4n) is 1.95. The topological polar surface area (TPSA) is 34.9 Å². The lowest BCUT2D eigenvalue weighted by Gasteiger charge is -2.01. The van der Waals surface area contributed by atoms with Crippen LogP contribution in [0, 0.1) is 11.6 Å². The minimum atomic E-state index is -1.05. The summed E-state index contributed by atoms with van der Waals surface area (Å²) in [5, 5.41) is 4.16. The summed E-state index contributed by atoms with van der Waals surface area (Å²) in [6, 6.07) is 13.9. The Kier molecular flexibility index (Phi) is 3.31. The van der Waals surface area contributed by atoms with E-state index in [0.717, 1.165) is 17.8 Å². The van der Waals surface area contributed by atoms with Crippen LogP contribution in [-0.2, 0) is 0 Å². The third-order valence-electron chi connectivity index (χ3n) is 3.02. The highest BCUT2D eigenvalue weighted by Crippen LogP contribution is 2.14. The maximum absolute atomic E-state index is 13.2. The Balaban J connectivity index is 1.92. The van der Waals surface area contributed by atoms with E-state index in [1.807, 2.05) is 30.3 Å². The maximum Gasteiger partial charge on any atom is 0.213 e. The summed E-state index contributed by atoms with van der Waals surface area (Å²) in [4.78, 5) is 12.2. The minimum Gasteiger partial charge on any atom is -0.287 e. The molecule has 0 fully saturated rings. The van der Waals surface area contributed by atoms with E-state index >= 15 is 0 Å². The summed E-state index contributed by atoms with van der Waals surface area (Å²) in [5.41, 5.74) is 1.04. The van der Waals surface area contributed by atoms with Crippen LogP contribution in [0.2, 0.25) is 0 Å². The number of aromatic nitrogens is 2. The summed E-state index contributed by atoms with van der Waals surface area (Å²) in [7, 11) is 0. The average molecular weight is 284 g/mol. The first kappa shape index (κ1) is 13.2. The molecule has 0 unspecified atom stereocenters. The van der Waals surface area contributed by atoms with Gasteiger partial charge >= 0.3 is 0 Å². The van der Waals surface area contributed by atoms with Gasteiger partial charge < -0.3 is 0 Å². The van der Waals surface area contributed by atoms with Crippen molar-refractivity contribution >= 4 is 5.78 Å². The molecule has 1 aromatic heterocycles. The molecule has 0 aliphatic heterocycles. The van der Waals surface area contributed by atoms with Gasteiger partial charge in [-0.25, -0.2) is 13.5 Å². The van der Waals surface area contributed by atoms with Crippen molar-refractivity contribution in [1.29, 1.82) is 0 Å². The highest BCUT2D eigenvalue weighted by Gasteiger charge is 2.15. The number of hydrogen-bond acceptors (Lipinski definition) is 2. The van der Waals surface area contributed by atoms with Crippen LogP contribution in [0.1, 0.15) is 16.1 Å². The van der Waals surface area contributed by atoms with E-state index in [9.17, 15) is 13.6 Å². The second-order valence-corrected chi connectivity index (χ2v) is 4.44. The number of carbonyl (C=O) groups is 1. The number of para-hydroxylation sites is 1. The third kappa shape index (κ3) is 2.58. The third-order valence-corrected chi connectivity index (χ3v) is 3.02. The molecule has 0 aliphatic rings. The molecule has 0 amide bonds. The molecule has 104 valence electrons. The van der Waals surface area contributed by atoms with Gasteiger partial charge in [0.2, 0.25) is 5.78 Å². The summed E-state index contributed by atoms with van der Waals surface area (Å²) >= 11 is 0. The molecule has 1 heterocycles. The van der Waals surface area contributed by atoms with Crippen LogP contribution in [0.15, 0.2) is 60.8 Å². The highest BCUT2D eigenvalue weighted by molar-refractivity contribution is 6.07. The summed E-state index contributed by atoms with van der Waals surface area (Å²) in [5.74, 6) is -2.49. The number of rotatable bonds is 3. The lowest BCUT2D eigenvalue weighted by Crippen LogP contribution is -2.05. The lowest BCUT2D eigenvalue weighted by atomic mass is 10.1. The first-order valence-corrected chi connectivity index (χ1v) is 6.26. The first-order chi connectivity index (χ1) is 10.1. The molecule has 0 saturated carbocycles. The molecular weight excluding hydrogens is 274 g/mol. The monoisotopic (exact) mass is 284 g/mol. The zero-order chi connectivity index (χ0) is 14.8. The van der Waals surface area contributed by atoms with Crippen LogP contribution in [0.4, 0.5) is 8.78 Å². The van der Waals surface area contributed by atoms with E-state index < -0.39 is 17.4 Å². The molecule has 5 heteroatoms. The normalized spacial score (nSPS) is 10.6. The van der Waals surface area contributed by atoms with Gasteiger partial charge in [-0.15, -0.1) is 0 Å². The van der Waals surface area contributed by atoms with E-state index in [0.29, 0.717) is 0 Å². The van der Waals surface area contributed by atoms with Crippen LogP contribution in [0.25, 0.3) is 5.69 Å². The van der Waals surface area contributed by atoms with Gasteiger partial charge in [0.1, 0.15) is 5.69 Å². The molecular formula is C16H10F2N2O. The van der Waals surface area contributed by atoms with Gasteiger partial charge in [-0.05, 0) is 36.4 Å². The zero-order valence-corrected chi connectivity index (χ0v) is 10.8. The van der Waals surface area contributed by atoms with Crippen LogP contribution < -0.4 is 0 Å². The Morgan fingerprint density at radius 1 is 0.952 bits per heavy atom. The van der Waals surface area contributed by atoms with E-state index in [4.69, 9.17) is 0 Å². The van der Waals surface area contributed by atoms with Gasteiger partial charge in [-0.2, -0.15) is 5.10 Å². The Labute approximate surface area is 119 Å². The van der Waals surface area contributed by atoms with Crippen LogP contribution in [-0.4, -0.2) is 15.6 Å². The average Bonchev–Trinajstić information content (AvgIpc) is 3.00. The fraction of sp³-hybridized carbons (Fsp3) is 0. The zero-order valence-electron chi connectivity index (χ0n) is 10.8. The quantitative estimate of drug-likeness (QED) is 0.691. The minimum absolute atomic E-state index is 0.0622. The van der Waals surface area contributed by atoms with Crippen molar-refractivity contribution in [2.45, 2.75) is 0 Å². The molecule has 3 nitrogen and oxygen atoms in total. The number of ketones is 1. The van der Waals surface area contributed by atoms with Crippen molar-refractivity contribution in [1.82, 2.24) is 9.78 Å². The van der Waals surface area contributed by atoms with Gasteiger partial charge in [-0.3, -0.25) is 4.79 Å². The van der Waals surface area contributed by atoms with E-state index in [1.54, 1.807) is 10.9 Å². The predicted octanol–water partition coefficient (Wildman–Crippen LogP) is 3.38. The molecule has 0 radical (unpaired) electrons. The van der Waals surface area contributed by atoms with Crippen molar-refractivity contribution in [3.05, 3.63) is 83.7 Å². The van der Waals surface area contributed by atoms with Crippen molar-refractivity contribution in [3.8, 4) is 5.69 Å². The molecule has 0 aliphatic carbocycles. The number of nitrogens with zero attached hydrogens (tertiary/aromatic N) is 2. The summed E-state index contributed by atoms with van der Waals surface area (Å²) in [6.07, 6.45) is 1.64. The Bertz CT molecular complexity index is 797. The Morgan fingerprint density at radius 3 is 2.43 bits per heavy atom. The van der Waals surface area contributed by atoms with Gasteiger partial charge in [-0.1, -0.05) is 18.2 Å². The number of hydrogen-bond donors (Lipinski definition) is 0. The highest BCUT2D eigenvalue weighted by atomic mass is 19.2. The van der Waals surface area contributed by atoms with Crippen molar-refractivity contribution < 1.29 is 13.6 Å². The van der Waals surface area contributed by atoms with Crippen LogP contribution >= 0.6 is 0 Å². The number of benzene rings is 2. The molecule has 0 saturated heterocycles. The van der Waals surface area contributed by atoms with Crippen molar-refractivity contribution in [2.75, 3.05) is 0 Å². The molecule has 2 aromatic carbocycles. The first-order valence-electron chi connectivity index (χ1n) is 6.26. The number of halogens is 2.